The van der Waals surface area contributed by atoms with Crippen molar-refractivity contribution in [3.63, 3.8) is 0 Å². The summed E-state index contributed by atoms with van der Waals surface area (Å²) >= 11 is 0. The molecule has 4 nitrogen and oxygen atoms in total. The largest absolute Gasteiger partial charge is 0.481 e. The highest BCUT2D eigenvalue weighted by molar-refractivity contribution is 5.62. The maximum absolute atomic E-state index is 5.84. The number of methoxy groups -OCH3 is 1. The van der Waals surface area contributed by atoms with E-state index < -0.39 is 0 Å². The number of hydrogen-bond donors (Lipinski definition) is 2. The van der Waals surface area contributed by atoms with Crippen LogP contribution in [-0.4, -0.2) is 18.1 Å². The molecule has 0 spiro atoms. The minimum Gasteiger partial charge on any atom is -0.481 e. The second-order valence-corrected chi connectivity index (χ2v) is 3.98. The van der Waals surface area contributed by atoms with E-state index in [1.807, 2.05) is 0 Å². The topological polar surface area (TPSA) is 60.2 Å². The lowest BCUT2D eigenvalue weighted by Crippen LogP contribution is -2.17. The lowest BCUT2D eigenvalue weighted by atomic mass is 10.1. The highest BCUT2D eigenvalue weighted by Crippen LogP contribution is 2.21. The molecule has 3 N–H and O–H groups in total. The van der Waals surface area contributed by atoms with E-state index in [1.54, 1.807) is 19.2 Å². The third-order valence-corrected chi connectivity index (χ3v) is 2.48. The van der Waals surface area contributed by atoms with Crippen LogP contribution in [0.1, 0.15) is 33.1 Å². The summed E-state index contributed by atoms with van der Waals surface area (Å²) in [5, 5.41) is 3.30. The van der Waals surface area contributed by atoms with Gasteiger partial charge in [-0.25, -0.2) is 0 Å². The lowest BCUT2D eigenvalue weighted by Gasteiger charge is -2.15. The Morgan fingerprint density at radius 2 is 2.25 bits per heavy atom. The Labute approximate surface area is 97.2 Å². The van der Waals surface area contributed by atoms with E-state index in [2.05, 4.69) is 24.1 Å². The number of aromatic nitrogens is 1. The van der Waals surface area contributed by atoms with Gasteiger partial charge in [0.15, 0.2) is 5.82 Å². The van der Waals surface area contributed by atoms with Gasteiger partial charge < -0.3 is 15.8 Å². The van der Waals surface area contributed by atoms with Gasteiger partial charge in [0.05, 0.1) is 12.8 Å². The lowest BCUT2D eigenvalue weighted by molar-refractivity contribution is 0.398. The maximum Gasteiger partial charge on any atom is 0.215 e. The molecule has 0 saturated carbocycles. The minimum absolute atomic E-state index is 0.377. The van der Waals surface area contributed by atoms with Crippen LogP contribution in [0.2, 0.25) is 0 Å². The van der Waals surface area contributed by atoms with E-state index in [9.17, 15) is 0 Å². The molecule has 4 heteroatoms. The minimum atomic E-state index is 0.377. The number of pyridine rings is 1. The van der Waals surface area contributed by atoms with Crippen molar-refractivity contribution in [1.82, 2.24) is 4.98 Å². The molecule has 0 aliphatic heterocycles. The van der Waals surface area contributed by atoms with Crippen molar-refractivity contribution in [2.45, 2.75) is 39.2 Å². The standard InChI is InChI=1S/C12H21N3O/c1-4-5-6-9(2)14-12-10(13)7-8-11(15-12)16-3/h7-9H,4-6,13H2,1-3H3,(H,14,15). The van der Waals surface area contributed by atoms with Crippen molar-refractivity contribution < 1.29 is 4.74 Å². The van der Waals surface area contributed by atoms with Gasteiger partial charge in [-0.2, -0.15) is 4.98 Å². The third-order valence-electron chi connectivity index (χ3n) is 2.48. The van der Waals surface area contributed by atoms with E-state index in [0.717, 1.165) is 6.42 Å². The zero-order valence-corrected chi connectivity index (χ0v) is 10.3. The van der Waals surface area contributed by atoms with E-state index in [4.69, 9.17) is 10.5 Å². The van der Waals surface area contributed by atoms with Crippen molar-refractivity contribution in [3.05, 3.63) is 12.1 Å². The molecule has 1 atom stereocenters. The number of nitrogen functional groups attached to an aromatic ring is 1. The zero-order valence-electron chi connectivity index (χ0n) is 10.3. The van der Waals surface area contributed by atoms with Crippen LogP contribution in [0.4, 0.5) is 11.5 Å². The van der Waals surface area contributed by atoms with Gasteiger partial charge in [-0.15, -0.1) is 0 Å². The van der Waals surface area contributed by atoms with Crippen LogP contribution in [0, 0.1) is 0 Å². The maximum atomic E-state index is 5.84. The summed E-state index contributed by atoms with van der Waals surface area (Å²) < 4.78 is 5.07. The highest BCUT2D eigenvalue weighted by Gasteiger charge is 2.07. The summed E-state index contributed by atoms with van der Waals surface area (Å²) in [5.41, 5.74) is 6.50. The van der Waals surface area contributed by atoms with Crippen molar-refractivity contribution in [3.8, 4) is 5.88 Å². The van der Waals surface area contributed by atoms with Gasteiger partial charge in [0, 0.05) is 12.1 Å². The second kappa shape index (κ2) is 6.20. The van der Waals surface area contributed by atoms with Gasteiger partial charge in [-0.1, -0.05) is 19.8 Å². The van der Waals surface area contributed by atoms with Crippen LogP contribution in [0.5, 0.6) is 5.88 Å². The molecule has 1 heterocycles. The summed E-state index contributed by atoms with van der Waals surface area (Å²) in [6.07, 6.45) is 3.53. The summed E-state index contributed by atoms with van der Waals surface area (Å²) in [5.74, 6) is 1.29. The van der Waals surface area contributed by atoms with Gasteiger partial charge in [0.2, 0.25) is 5.88 Å². The molecule has 0 aliphatic carbocycles. The van der Waals surface area contributed by atoms with Crippen LogP contribution in [0.3, 0.4) is 0 Å². The molecule has 0 aliphatic rings. The number of nitrogens with one attached hydrogen (secondary N) is 1. The van der Waals surface area contributed by atoms with Gasteiger partial charge >= 0.3 is 0 Å². The van der Waals surface area contributed by atoms with E-state index in [-0.39, 0.29) is 0 Å². The average Bonchev–Trinajstić information content (AvgIpc) is 2.29. The van der Waals surface area contributed by atoms with E-state index in [1.165, 1.54) is 12.8 Å². The highest BCUT2D eigenvalue weighted by atomic mass is 16.5. The Morgan fingerprint density at radius 1 is 1.50 bits per heavy atom. The molecular formula is C12H21N3O. The monoisotopic (exact) mass is 223 g/mol. The molecule has 1 aromatic heterocycles. The number of nitrogens with zero attached hydrogens (tertiary/aromatic N) is 1. The smallest absolute Gasteiger partial charge is 0.215 e. The van der Waals surface area contributed by atoms with Crippen LogP contribution in [-0.2, 0) is 0 Å². The Kier molecular flexibility index (Phi) is 4.89. The van der Waals surface area contributed by atoms with Crippen LogP contribution >= 0.6 is 0 Å². The predicted octanol–water partition coefficient (Wildman–Crippen LogP) is 2.66. The first-order chi connectivity index (χ1) is 7.67. The van der Waals surface area contributed by atoms with Crippen molar-refractivity contribution in [2.24, 2.45) is 0 Å². The second-order valence-electron chi connectivity index (χ2n) is 3.98. The number of hydrogen-bond acceptors (Lipinski definition) is 4. The first-order valence-corrected chi connectivity index (χ1v) is 5.74. The number of anilines is 2. The van der Waals surface area contributed by atoms with Crippen LogP contribution < -0.4 is 15.8 Å². The fourth-order valence-electron chi connectivity index (χ4n) is 1.50. The molecule has 1 rings (SSSR count). The summed E-state index contributed by atoms with van der Waals surface area (Å²) in [4.78, 5) is 4.28. The first kappa shape index (κ1) is 12.6. The SMILES string of the molecule is CCCCC(C)Nc1nc(OC)ccc1N. The predicted molar refractivity (Wildman–Crippen MR) is 67.8 cm³/mol. The molecule has 1 unspecified atom stereocenters. The average molecular weight is 223 g/mol. The molecular weight excluding hydrogens is 202 g/mol. The van der Waals surface area contributed by atoms with Gasteiger partial charge in [0.1, 0.15) is 0 Å². The summed E-state index contributed by atoms with van der Waals surface area (Å²) in [7, 11) is 1.60. The molecule has 0 amide bonds. The molecule has 0 bridgehead atoms. The number of unbranched alkanes of at least 4 members (excludes halogenated alkanes) is 1. The fourth-order valence-corrected chi connectivity index (χ4v) is 1.50. The summed E-state index contributed by atoms with van der Waals surface area (Å²) in [6, 6.07) is 3.94. The molecule has 0 saturated heterocycles. The van der Waals surface area contributed by atoms with Gasteiger partial charge in [0.25, 0.3) is 0 Å². The number of rotatable bonds is 6. The van der Waals surface area contributed by atoms with Crippen molar-refractivity contribution in [1.29, 1.82) is 0 Å². The normalized spacial score (nSPS) is 12.2. The van der Waals surface area contributed by atoms with Gasteiger partial charge in [-0.3, -0.25) is 0 Å². The van der Waals surface area contributed by atoms with Crippen molar-refractivity contribution in [2.75, 3.05) is 18.2 Å². The first-order valence-electron chi connectivity index (χ1n) is 5.74. The van der Waals surface area contributed by atoms with E-state index in [0.29, 0.717) is 23.4 Å². The van der Waals surface area contributed by atoms with E-state index >= 15 is 0 Å². The molecule has 1 aromatic rings. The summed E-state index contributed by atoms with van der Waals surface area (Å²) in [6.45, 7) is 4.32. The van der Waals surface area contributed by atoms with Gasteiger partial charge in [-0.05, 0) is 19.4 Å². The quantitative estimate of drug-likeness (QED) is 0.778. The molecule has 16 heavy (non-hydrogen) atoms. The molecule has 0 aromatic carbocycles. The Morgan fingerprint density at radius 3 is 2.88 bits per heavy atom. The number of ether oxygens (including phenoxy) is 1. The van der Waals surface area contributed by atoms with Crippen molar-refractivity contribution >= 4 is 11.5 Å². The Balaban J connectivity index is 2.64. The Hall–Kier alpha value is -1.45. The number of nitrogens with two attached hydrogens (primary N) is 1. The molecule has 0 fully saturated rings. The Bertz CT molecular complexity index is 328. The molecule has 0 radical (unpaired) electrons. The molecule has 90 valence electrons. The van der Waals surface area contributed by atoms with Crippen LogP contribution in [0.25, 0.3) is 0 Å². The third kappa shape index (κ3) is 3.61. The van der Waals surface area contributed by atoms with Crippen LogP contribution in [0.15, 0.2) is 12.1 Å². The fraction of sp³-hybridized carbons (Fsp3) is 0.583. The zero-order chi connectivity index (χ0) is 12.0.